The number of amides is 2. The van der Waals surface area contributed by atoms with Gasteiger partial charge < -0.3 is 10.2 Å². The molecule has 30 heavy (non-hydrogen) atoms. The Labute approximate surface area is 177 Å². The maximum Gasteiger partial charge on any atom is 0.258 e. The lowest BCUT2D eigenvalue weighted by Crippen LogP contribution is -2.31. The van der Waals surface area contributed by atoms with Crippen LogP contribution in [0.5, 0.6) is 0 Å². The Balaban J connectivity index is 1.86. The maximum atomic E-state index is 13.4. The lowest BCUT2D eigenvalue weighted by Gasteiger charge is -2.24. The Bertz CT molecular complexity index is 1010. The molecule has 0 saturated carbocycles. The minimum Gasteiger partial charge on any atom is -0.352 e. The van der Waals surface area contributed by atoms with Crippen LogP contribution in [-0.2, 0) is 17.8 Å². The van der Waals surface area contributed by atoms with Crippen LogP contribution in [0, 0.1) is 6.92 Å². The number of carbonyl (C=O) groups is 2. The summed E-state index contributed by atoms with van der Waals surface area (Å²) in [6.07, 6.45) is 1.94. The van der Waals surface area contributed by atoms with Crippen molar-refractivity contribution in [2.24, 2.45) is 0 Å². The number of aryl methyl sites for hydroxylation is 1. The van der Waals surface area contributed by atoms with Gasteiger partial charge in [0.25, 0.3) is 5.91 Å². The number of rotatable bonds is 8. The molecule has 0 saturated heterocycles. The first-order valence-corrected chi connectivity index (χ1v) is 9.96. The van der Waals surface area contributed by atoms with Gasteiger partial charge >= 0.3 is 0 Å². The maximum absolute atomic E-state index is 13.4. The SMILES string of the molecule is C=CCNC(=O)Cc1ccc(N(Cc2ccccc2)C(=O)c2ccccc2C)cc1. The van der Waals surface area contributed by atoms with E-state index in [1.54, 1.807) is 11.0 Å². The molecule has 2 amide bonds. The van der Waals surface area contributed by atoms with Crippen molar-refractivity contribution < 1.29 is 9.59 Å². The summed E-state index contributed by atoms with van der Waals surface area (Å²) in [6, 6.07) is 25.1. The predicted octanol–water partition coefficient (Wildman–Crippen LogP) is 4.69. The van der Waals surface area contributed by atoms with Crippen LogP contribution in [-0.4, -0.2) is 18.4 Å². The Kier molecular flexibility index (Phi) is 7.17. The summed E-state index contributed by atoms with van der Waals surface area (Å²) < 4.78 is 0. The molecule has 0 aliphatic carbocycles. The van der Waals surface area contributed by atoms with Crippen LogP contribution in [0.1, 0.15) is 27.0 Å². The van der Waals surface area contributed by atoms with Crippen molar-refractivity contribution >= 4 is 17.5 Å². The fourth-order valence-corrected chi connectivity index (χ4v) is 3.23. The van der Waals surface area contributed by atoms with E-state index in [0.29, 0.717) is 25.1 Å². The third kappa shape index (κ3) is 5.45. The Morgan fingerprint density at radius 1 is 0.900 bits per heavy atom. The van der Waals surface area contributed by atoms with Gasteiger partial charge in [0.15, 0.2) is 0 Å². The molecule has 0 aliphatic rings. The van der Waals surface area contributed by atoms with Crippen LogP contribution < -0.4 is 10.2 Å². The van der Waals surface area contributed by atoms with Crippen LogP contribution in [0.2, 0.25) is 0 Å². The number of anilines is 1. The number of nitrogens with one attached hydrogen (secondary N) is 1. The second kappa shape index (κ2) is 10.2. The van der Waals surface area contributed by atoms with Crippen LogP contribution in [0.3, 0.4) is 0 Å². The molecular weight excluding hydrogens is 372 g/mol. The van der Waals surface area contributed by atoms with Gasteiger partial charge in [-0.05, 0) is 41.8 Å². The van der Waals surface area contributed by atoms with Crippen LogP contribution >= 0.6 is 0 Å². The monoisotopic (exact) mass is 398 g/mol. The molecule has 3 aromatic carbocycles. The van der Waals surface area contributed by atoms with Crippen LogP contribution in [0.4, 0.5) is 5.69 Å². The van der Waals surface area contributed by atoms with Gasteiger partial charge in [0.05, 0.1) is 13.0 Å². The lowest BCUT2D eigenvalue weighted by molar-refractivity contribution is -0.120. The third-order valence-electron chi connectivity index (χ3n) is 4.86. The summed E-state index contributed by atoms with van der Waals surface area (Å²) in [7, 11) is 0. The summed E-state index contributed by atoms with van der Waals surface area (Å²) >= 11 is 0. The molecule has 4 nitrogen and oxygen atoms in total. The Morgan fingerprint density at radius 3 is 2.23 bits per heavy atom. The van der Waals surface area contributed by atoms with Crippen molar-refractivity contribution in [3.63, 3.8) is 0 Å². The smallest absolute Gasteiger partial charge is 0.258 e. The topological polar surface area (TPSA) is 49.4 Å². The molecule has 3 aromatic rings. The van der Waals surface area contributed by atoms with Crippen molar-refractivity contribution in [3.05, 3.63) is 114 Å². The van der Waals surface area contributed by atoms with Crippen molar-refractivity contribution in [2.75, 3.05) is 11.4 Å². The van der Waals surface area contributed by atoms with Gasteiger partial charge in [-0.25, -0.2) is 0 Å². The zero-order chi connectivity index (χ0) is 21.3. The van der Waals surface area contributed by atoms with E-state index in [1.165, 1.54) is 0 Å². The first kappa shape index (κ1) is 21.1. The summed E-state index contributed by atoms with van der Waals surface area (Å²) in [5, 5.41) is 2.78. The van der Waals surface area contributed by atoms with Crippen LogP contribution in [0.25, 0.3) is 0 Å². The molecule has 0 spiro atoms. The Morgan fingerprint density at radius 2 is 1.57 bits per heavy atom. The molecule has 1 N–H and O–H groups in total. The van der Waals surface area contributed by atoms with E-state index in [-0.39, 0.29) is 11.8 Å². The lowest BCUT2D eigenvalue weighted by atomic mass is 10.1. The molecule has 152 valence electrons. The van der Waals surface area contributed by atoms with E-state index in [4.69, 9.17) is 0 Å². The van der Waals surface area contributed by atoms with E-state index in [1.807, 2.05) is 85.8 Å². The number of hydrogen-bond acceptors (Lipinski definition) is 2. The highest BCUT2D eigenvalue weighted by molar-refractivity contribution is 6.07. The zero-order valence-corrected chi connectivity index (χ0v) is 17.2. The first-order valence-electron chi connectivity index (χ1n) is 9.96. The van der Waals surface area contributed by atoms with E-state index < -0.39 is 0 Å². The molecule has 0 unspecified atom stereocenters. The largest absolute Gasteiger partial charge is 0.352 e. The fourth-order valence-electron chi connectivity index (χ4n) is 3.23. The third-order valence-corrected chi connectivity index (χ3v) is 4.86. The molecule has 0 aromatic heterocycles. The average Bonchev–Trinajstić information content (AvgIpc) is 2.77. The highest BCUT2D eigenvalue weighted by Crippen LogP contribution is 2.22. The zero-order valence-electron chi connectivity index (χ0n) is 17.2. The normalized spacial score (nSPS) is 10.3. The van der Waals surface area contributed by atoms with Crippen molar-refractivity contribution in [1.29, 1.82) is 0 Å². The summed E-state index contributed by atoms with van der Waals surface area (Å²) in [5.41, 5.74) is 4.36. The minimum absolute atomic E-state index is 0.0478. The summed E-state index contributed by atoms with van der Waals surface area (Å²) in [4.78, 5) is 27.1. The van der Waals surface area contributed by atoms with Gasteiger partial charge in [-0.1, -0.05) is 66.7 Å². The summed E-state index contributed by atoms with van der Waals surface area (Å²) in [5.74, 6) is -0.104. The van der Waals surface area contributed by atoms with Gasteiger partial charge in [-0.15, -0.1) is 6.58 Å². The van der Waals surface area contributed by atoms with Gasteiger partial charge in [-0.2, -0.15) is 0 Å². The number of carbonyl (C=O) groups excluding carboxylic acids is 2. The standard InChI is InChI=1S/C26H26N2O2/c1-3-17-27-25(29)18-21-13-15-23(16-14-21)28(19-22-10-5-4-6-11-22)26(30)24-12-8-7-9-20(24)2/h3-16H,1,17-19H2,2H3,(H,27,29). The number of nitrogens with zero attached hydrogens (tertiary/aromatic N) is 1. The van der Waals surface area contributed by atoms with Crippen molar-refractivity contribution in [3.8, 4) is 0 Å². The van der Waals surface area contributed by atoms with E-state index >= 15 is 0 Å². The molecule has 0 fully saturated rings. The quantitative estimate of drug-likeness (QED) is 0.560. The van der Waals surface area contributed by atoms with Gasteiger partial charge in [0, 0.05) is 17.8 Å². The molecule has 0 atom stereocenters. The first-order chi connectivity index (χ1) is 14.6. The predicted molar refractivity (Wildman–Crippen MR) is 121 cm³/mol. The van der Waals surface area contributed by atoms with Gasteiger partial charge in [-0.3, -0.25) is 9.59 Å². The molecule has 0 aliphatic heterocycles. The highest BCUT2D eigenvalue weighted by atomic mass is 16.2. The second-order valence-electron chi connectivity index (χ2n) is 7.13. The number of hydrogen-bond donors (Lipinski definition) is 1. The molecule has 3 rings (SSSR count). The van der Waals surface area contributed by atoms with Crippen molar-refractivity contribution in [2.45, 2.75) is 19.9 Å². The average molecular weight is 399 g/mol. The van der Waals surface area contributed by atoms with Gasteiger partial charge in [0.1, 0.15) is 0 Å². The molecule has 0 heterocycles. The number of benzene rings is 3. The van der Waals surface area contributed by atoms with Crippen molar-refractivity contribution in [1.82, 2.24) is 5.32 Å². The fraction of sp³-hybridized carbons (Fsp3) is 0.154. The van der Waals surface area contributed by atoms with Crippen LogP contribution in [0.15, 0.2) is 91.5 Å². The second-order valence-corrected chi connectivity index (χ2v) is 7.13. The Hall–Kier alpha value is -3.66. The molecular formula is C26H26N2O2. The van der Waals surface area contributed by atoms with E-state index in [0.717, 1.165) is 22.4 Å². The summed E-state index contributed by atoms with van der Waals surface area (Å²) in [6.45, 7) is 6.46. The van der Waals surface area contributed by atoms with E-state index in [9.17, 15) is 9.59 Å². The molecule has 0 radical (unpaired) electrons. The minimum atomic E-state index is -0.0558. The molecule has 0 bridgehead atoms. The molecule has 4 heteroatoms. The van der Waals surface area contributed by atoms with E-state index in [2.05, 4.69) is 11.9 Å². The van der Waals surface area contributed by atoms with Gasteiger partial charge in [0.2, 0.25) is 5.91 Å². The highest BCUT2D eigenvalue weighted by Gasteiger charge is 2.19.